The Kier molecular flexibility index (Phi) is 5.64. The van der Waals surface area contributed by atoms with Crippen molar-refractivity contribution in [2.45, 2.75) is 6.04 Å². The Bertz CT molecular complexity index is 425. The predicted octanol–water partition coefficient (Wildman–Crippen LogP) is -0.303. The molecule has 0 fully saturated rings. The Labute approximate surface area is 105 Å². The van der Waals surface area contributed by atoms with Crippen molar-refractivity contribution in [2.24, 2.45) is 5.73 Å². The smallest absolute Gasteiger partial charge is 0.255 e. The molecule has 0 radical (unpaired) electrons. The van der Waals surface area contributed by atoms with Crippen LogP contribution in [0.5, 0.6) is 5.75 Å². The van der Waals surface area contributed by atoms with Gasteiger partial charge in [-0.25, -0.2) is 0 Å². The maximum Gasteiger partial charge on any atom is 0.255 e. The molecule has 0 saturated heterocycles. The van der Waals surface area contributed by atoms with Crippen molar-refractivity contribution in [3.63, 3.8) is 0 Å². The second-order valence-electron chi connectivity index (χ2n) is 3.56. The van der Waals surface area contributed by atoms with Gasteiger partial charge in [0.2, 0.25) is 0 Å². The highest BCUT2D eigenvalue weighted by atomic mass is 16.5. The molecule has 0 aliphatic heterocycles. The number of hydrogen-bond donors (Lipinski definition) is 3. The van der Waals surface area contributed by atoms with Gasteiger partial charge in [-0.15, -0.1) is 0 Å². The Hall–Kier alpha value is -2.10. The van der Waals surface area contributed by atoms with Crippen LogP contribution < -0.4 is 15.8 Å². The summed E-state index contributed by atoms with van der Waals surface area (Å²) in [6, 6.07) is 8.35. The average molecular weight is 249 g/mol. The number of aliphatic hydroxyl groups excluding tert-OH is 1. The number of benzene rings is 1. The summed E-state index contributed by atoms with van der Waals surface area (Å²) in [4.78, 5) is 10.5. The summed E-state index contributed by atoms with van der Waals surface area (Å²) < 4.78 is 5.10. The second kappa shape index (κ2) is 7.27. The van der Waals surface area contributed by atoms with Gasteiger partial charge in [-0.1, -0.05) is 12.1 Å². The fourth-order valence-electron chi connectivity index (χ4n) is 1.36. The summed E-state index contributed by atoms with van der Waals surface area (Å²) in [5.74, 6) is -0.0324. The number of nitriles is 1. The van der Waals surface area contributed by atoms with Crippen molar-refractivity contribution in [1.29, 1.82) is 5.26 Å². The van der Waals surface area contributed by atoms with E-state index in [1.54, 1.807) is 24.3 Å². The van der Waals surface area contributed by atoms with Gasteiger partial charge in [0.1, 0.15) is 11.8 Å². The van der Waals surface area contributed by atoms with Gasteiger partial charge in [0.25, 0.3) is 5.91 Å². The molecule has 1 aromatic rings. The molecular weight excluding hydrogens is 234 g/mol. The maximum atomic E-state index is 10.5. The van der Waals surface area contributed by atoms with Gasteiger partial charge in [0.05, 0.1) is 12.7 Å². The second-order valence-corrected chi connectivity index (χ2v) is 3.56. The van der Waals surface area contributed by atoms with Gasteiger partial charge < -0.3 is 15.6 Å². The Morgan fingerprint density at radius 1 is 1.50 bits per heavy atom. The minimum atomic E-state index is -0.543. The third-order valence-corrected chi connectivity index (χ3v) is 2.18. The first kappa shape index (κ1) is 14.0. The van der Waals surface area contributed by atoms with Crippen molar-refractivity contribution in [1.82, 2.24) is 5.32 Å². The molecule has 1 aromatic carbocycles. The van der Waals surface area contributed by atoms with Crippen LogP contribution in [0.3, 0.4) is 0 Å². The molecule has 0 saturated carbocycles. The summed E-state index contributed by atoms with van der Waals surface area (Å²) in [6.45, 7) is 0.139. The van der Waals surface area contributed by atoms with Crippen molar-refractivity contribution < 1.29 is 14.6 Å². The van der Waals surface area contributed by atoms with Crippen LogP contribution in [-0.4, -0.2) is 30.8 Å². The van der Waals surface area contributed by atoms with Gasteiger partial charge >= 0.3 is 0 Å². The fraction of sp³-hybridized carbons (Fsp3) is 0.333. The molecule has 6 heteroatoms. The van der Waals surface area contributed by atoms with E-state index < -0.39 is 11.9 Å². The monoisotopic (exact) mass is 249 g/mol. The van der Waals surface area contributed by atoms with Crippen LogP contribution >= 0.6 is 0 Å². The molecule has 0 spiro atoms. The largest absolute Gasteiger partial charge is 0.484 e. The molecule has 0 heterocycles. The SMILES string of the molecule is N#CC(NCCO)c1ccc(OCC(N)=O)cc1. The Morgan fingerprint density at radius 2 is 2.17 bits per heavy atom. The highest BCUT2D eigenvalue weighted by molar-refractivity contribution is 5.75. The maximum absolute atomic E-state index is 10.5. The highest BCUT2D eigenvalue weighted by Gasteiger charge is 2.09. The molecular formula is C12H15N3O3. The lowest BCUT2D eigenvalue weighted by atomic mass is 10.1. The van der Waals surface area contributed by atoms with Crippen molar-refractivity contribution >= 4 is 5.91 Å². The number of rotatable bonds is 7. The molecule has 18 heavy (non-hydrogen) atoms. The summed E-state index contributed by atoms with van der Waals surface area (Å²) in [5, 5.41) is 20.5. The van der Waals surface area contributed by atoms with Crippen LogP contribution in [0.25, 0.3) is 0 Å². The number of nitrogens with two attached hydrogens (primary N) is 1. The van der Waals surface area contributed by atoms with Crippen LogP contribution in [-0.2, 0) is 4.79 Å². The first-order valence-corrected chi connectivity index (χ1v) is 5.42. The molecule has 0 aromatic heterocycles. The molecule has 1 amide bonds. The lowest BCUT2D eigenvalue weighted by Gasteiger charge is -2.11. The summed E-state index contributed by atoms with van der Waals surface area (Å²) in [5.41, 5.74) is 5.72. The minimum Gasteiger partial charge on any atom is -0.484 e. The van der Waals surface area contributed by atoms with Crippen molar-refractivity contribution in [3.8, 4) is 11.8 Å². The lowest BCUT2D eigenvalue weighted by Crippen LogP contribution is -2.23. The van der Waals surface area contributed by atoms with Crippen LogP contribution in [0.4, 0.5) is 0 Å². The van der Waals surface area contributed by atoms with E-state index in [-0.39, 0.29) is 13.2 Å². The van der Waals surface area contributed by atoms with E-state index in [4.69, 9.17) is 20.8 Å². The number of amides is 1. The standard InChI is InChI=1S/C12H15N3O3/c13-7-11(15-5-6-16)9-1-3-10(4-2-9)18-8-12(14)17/h1-4,11,15-16H,5-6,8H2,(H2,14,17). The van der Waals surface area contributed by atoms with Crippen LogP contribution in [0, 0.1) is 11.3 Å². The molecule has 1 rings (SSSR count). The number of aliphatic hydroxyl groups is 1. The zero-order valence-electron chi connectivity index (χ0n) is 9.80. The zero-order valence-corrected chi connectivity index (χ0v) is 9.80. The average Bonchev–Trinajstić information content (AvgIpc) is 2.38. The topological polar surface area (TPSA) is 108 Å². The van der Waals surface area contributed by atoms with E-state index in [2.05, 4.69) is 11.4 Å². The molecule has 1 unspecified atom stereocenters. The predicted molar refractivity (Wildman–Crippen MR) is 64.6 cm³/mol. The van der Waals surface area contributed by atoms with Gasteiger partial charge in [0, 0.05) is 6.54 Å². The minimum absolute atomic E-state index is 0.0298. The van der Waals surface area contributed by atoms with Crippen molar-refractivity contribution in [3.05, 3.63) is 29.8 Å². The van der Waals surface area contributed by atoms with Crippen LogP contribution in [0.2, 0.25) is 0 Å². The Morgan fingerprint density at radius 3 is 2.67 bits per heavy atom. The third kappa shape index (κ3) is 4.41. The third-order valence-electron chi connectivity index (χ3n) is 2.18. The van der Waals surface area contributed by atoms with Crippen LogP contribution in [0.15, 0.2) is 24.3 Å². The van der Waals surface area contributed by atoms with E-state index in [1.807, 2.05) is 0 Å². The van der Waals surface area contributed by atoms with E-state index in [0.29, 0.717) is 12.3 Å². The van der Waals surface area contributed by atoms with E-state index >= 15 is 0 Å². The van der Waals surface area contributed by atoms with E-state index in [1.165, 1.54) is 0 Å². The number of ether oxygens (including phenoxy) is 1. The van der Waals surface area contributed by atoms with Gasteiger partial charge in [-0.3, -0.25) is 10.1 Å². The highest BCUT2D eigenvalue weighted by Crippen LogP contribution is 2.17. The lowest BCUT2D eigenvalue weighted by molar-refractivity contribution is -0.119. The molecule has 0 aliphatic rings. The van der Waals surface area contributed by atoms with E-state index in [9.17, 15) is 4.79 Å². The molecule has 0 bridgehead atoms. The Balaban J connectivity index is 2.63. The van der Waals surface area contributed by atoms with Crippen LogP contribution in [0.1, 0.15) is 11.6 Å². The number of nitrogens with one attached hydrogen (secondary N) is 1. The van der Waals surface area contributed by atoms with Crippen molar-refractivity contribution in [2.75, 3.05) is 19.8 Å². The molecule has 96 valence electrons. The van der Waals surface area contributed by atoms with Gasteiger partial charge in [-0.05, 0) is 17.7 Å². The summed E-state index contributed by atoms with van der Waals surface area (Å²) in [7, 11) is 0. The fourth-order valence-corrected chi connectivity index (χ4v) is 1.36. The quantitative estimate of drug-likeness (QED) is 0.614. The number of nitrogens with zero attached hydrogens (tertiary/aromatic N) is 1. The molecule has 1 atom stereocenters. The molecule has 0 aliphatic carbocycles. The normalized spacial score (nSPS) is 11.6. The first-order valence-electron chi connectivity index (χ1n) is 5.42. The molecule has 4 N–H and O–H groups in total. The van der Waals surface area contributed by atoms with Gasteiger partial charge in [0.15, 0.2) is 6.61 Å². The van der Waals surface area contributed by atoms with E-state index in [0.717, 1.165) is 5.56 Å². The number of carbonyl (C=O) groups is 1. The number of primary amides is 1. The molecule has 6 nitrogen and oxygen atoms in total. The number of carbonyl (C=O) groups excluding carboxylic acids is 1. The summed E-state index contributed by atoms with van der Waals surface area (Å²) >= 11 is 0. The zero-order chi connectivity index (χ0) is 13.4. The van der Waals surface area contributed by atoms with Gasteiger partial charge in [-0.2, -0.15) is 5.26 Å². The first-order chi connectivity index (χ1) is 8.67. The summed E-state index contributed by atoms with van der Waals surface area (Å²) in [6.07, 6.45) is 0. The number of hydrogen-bond acceptors (Lipinski definition) is 5.